The van der Waals surface area contributed by atoms with E-state index in [1.807, 2.05) is 6.92 Å². The van der Waals surface area contributed by atoms with E-state index in [1.165, 1.54) is 6.08 Å². The van der Waals surface area contributed by atoms with Crippen LogP contribution in [0.15, 0.2) is 24.8 Å². The fourth-order valence-corrected chi connectivity index (χ4v) is 1.42. The van der Waals surface area contributed by atoms with Gasteiger partial charge in [0.25, 0.3) is 0 Å². The van der Waals surface area contributed by atoms with E-state index in [4.69, 9.17) is 23.2 Å². The Morgan fingerprint density at radius 2 is 2.00 bits per heavy atom. The number of carbonyl (C=O) groups excluding carboxylic acids is 1. The first kappa shape index (κ1) is 10.3. The predicted molar refractivity (Wildman–Crippen MR) is 55.7 cm³/mol. The van der Waals surface area contributed by atoms with Crippen molar-refractivity contribution in [3.63, 3.8) is 0 Å². The summed E-state index contributed by atoms with van der Waals surface area (Å²) in [5.74, 6) is -0.216. The Hall–Kier alpha value is -0.790. The van der Waals surface area contributed by atoms with Crippen LogP contribution in [-0.2, 0) is 0 Å². The molecule has 0 spiro atoms. The molecule has 0 atom stereocenters. The number of allylic oxidation sites excluding steroid dienone is 1. The lowest BCUT2D eigenvalue weighted by Gasteiger charge is -2.04. The molecule has 0 saturated heterocycles. The molecule has 3 heteroatoms. The highest BCUT2D eigenvalue weighted by Gasteiger charge is 2.11. The largest absolute Gasteiger partial charge is 0.289 e. The van der Waals surface area contributed by atoms with Gasteiger partial charge in [-0.3, -0.25) is 4.79 Å². The lowest BCUT2D eigenvalue weighted by molar-refractivity contribution is 0.104. The molecule has 0 N–H and O–H groups in total. The zero-order valence-electron chi connectivity index (χ0n) is 7.10. The van der Waals surface area contributed by atoms with Gasteiger partial charge in [0, 0.05) is 5.56 Å². The van der Waals surface area contributed by atoms with Crippen LogP contribution in [-0.4, -0.2) is 5.78 Å². The fourth-order valence-electron chi connectivity index (χ4n) is 0.946. The van der Waals surface area contributed by atoms with Crippen molar-refractivity contribution in [2.75, 3.05) is 0 Å². The Labute approximate surface area is 87.0 Å². The van der Waals surface area contributed by atoms with Gasteiger partial charge in [-0.15, -0.1) is 0 Å². The lowest BCUT2D eigenvalue weighted by atomic mass is 10.1. The van der Waals surface area contributed by atoms with E-state index in [1.54, 1.807) is 12.1 Å². The first-order valence-electron chi connectivity index (χ1n) is 3.69. The summed E-state index contributed by atoms with van der Waals surface area (Å²) in [5.41, 5.74) is 1.25. The summed E-state index contributed by atoms with van der Waals surface area (Å²) in [6.45, 7) is 5.21. The molecule has 13 heavy (non-hydrogen) atoms. The maximum Gasteiger partial charge on any atom is 0.186 e. The van der Waals surface area contributed by atoms with E-state index in [0.717, 1.165) is 5.56 Å². The third-order valence-electron chi connectivity index (χ3n) is 1.73. The fraction of sp³-hybridized carbons (Fsp3) is 0.100. The lowest BCUT2D eigenvalue weighted by Crippen LogP contribution is -1.95. The predicted octanol–water partition coefficient (Wildman–Crippen LogP) is 3.67. The van der Waals surface area contributed by atoms with Crippen LogP contribution in [0.4, 0.5) is 0 Å². The molecule has 0 radical (unpaired) electrons. The first-order valence-corrected chi connectivity index (χ1v) is 4.45. The molecule has 1 nitrogen and oxygen atoms in total. The number of aryl methyl sites for hydroxylation is 1. The summed E-state index contributed by atoms with van der Waals surface area (Å²) in [4.78, 5) is 11.2. The molecule has 68 valence electrons. The monoisotopic (exact) mass is 214 g/mol. The molecule has 1 rings (SSSR count). The van der Waals surface area contributed by atoms with Crippen molar-refractivity contribution in [2.24, 2.45) is 0 Å². The van der Waals surface area contributed by atoms with Crippen molar-refractivity contribution in [2.45, 2.75) is 6.92 Å². The van der Waals surface area contributed by atoms with Gasteiger partial charge in [-0.2, -0.15) is 0 Å². The topological polar surface area (TPSA) is 17.1 Å². The van der Waals surface area contributed by atoms with Crippen molar-refractivity contribution < 1.29 is 4.79 Å². The van der Waals surface area contributed by atoms with E-state index in [0.29, 0.717) is 15.6 Å². The molecule has 1 aromatic carbocycles. The van der Waals surface area contributed by atoms with Gasteiger partial charge in [0.2, 0.25) is 0 Å². The zero-order chi connectivity index (χ0) is 10.0. The minimum atomic E-state index is -0.216. The minimum absolute atomic E-state index is 0.216. The number of halogens is 2. The second-order valence-electron chi connectivity index (χ2n) is 2.63. The van der Waals surface area contributed by atoms with Crippen LogP contribution in [0.3, 0.4) is 0 Å². The Morgan fingerprint density at radius 3 is 2.54 bits per heavy atom. The smallest absolute Gasteiger partial charge is 0.186 e. The normalized spacial score (nSPS) is 9.77. The maximum absolute atomic E-state index is 11.2. The third kappa shape index (κ3) is 1.93. The third-order valence-corrected chi connectivity index (χ3v) is 2.70. The highest BCUT2D eigenvalue weighted by atomic mass is 35.5. The molecule has 0 bridgehead atoms. The Kier molecular flexibility index (Phi) is 3.12. The van der Waals surface area contributed by atoms with Crippen LogP contribution in [0.1, 0.15) is 15.9 Å². The number of carbonyl (C=O) groups is 1. The van der Waals surface area contributed by atoms with E-state index < -0.39 is 0 Å². The van der Waals surface area contributed by atoms with Crippen molar-refractivity contribution >= 4 is 29.0 Å². The summed E-state index contributed by atoms with van der Waals surface area (Å²) in [6.07, 6.45) is 1.22. The number of benzene rings is 1. The van der Waals surface area contributed by atoms with Crippen LogP contribution in [0.5, 0.6) is 0 Å². The Bertz CT molecular complexity index is 369. The van der Waals surface area contributed by atoms with Crippen molar-refractivity contribution in [3.05, 3.63) is 46.0 Å². The van der Waals surface area contributed by atoms with Crippen molar-refractivity contribution in [3.8, 4) is 0 Å². The summed E-state index contributed by atoms with van der Waals surface area (Å²) < 4.78 is 0. The molecule has 0 fully saturated rings. The highest BCUT2D eigenvalue weighted by Crippen LogP contribution is 2.29. The van der Waals surface area contributed by atoms with Gasteiger partial charge in [0.05, 0.1) is 10.0 Å². The molecule has 0 aliphatic carbocycles. The second kappa shape index (κ2) is 3.95. The average Bonchev–Trinajstić information content (AvgIpc) is 2.13. The van der Waals surface area contributed by atoms with E-state index >= 15 is 0 Å². The summed E-state index contributed by atoms with van der Waals surface area (Å²) in [6, 6.07) is 3.40. The van der Waals surface area contributed by atoms with E-state index in [9.17, 15) is 4.79 Å². The summed E-state index contributed by atoms with van der Waals surface area (Å²) in [7, 11) is 0. The van der Waals surface area contributed by atoms with Gasteiger partial charge in [0.1, 0.15) is 0 Å². The highest BCUT2D eigenvalue weighted by molar-refractivity contribution is 6.44. The Morgan fingerprint density at radius 1 is 1.38 bits per heavy atom. The van der Waals surface area contributed by atoms with Crippen molar-refractivity contribution in [1.82, 2.24) is 0 Å². The average molecular weight is 215 g/mol. The van der Waals surface area contributed by atoms with Crippen LogP contribution < -0.4 is 0 Å². The number of rotatable bonds is 2. The molecule has 0 amide bonds. The molecule has 0 aliphatic heterocycles. The quantitative estimate of drug-likeness (QED) is 0.543. The van der Waals surface area contributed by atoms with Crippen LogP contribution in [0.25, 0.3) is 0 Å². The molecular weight excluding hydrogens is 207 g/mol. The molecule has 0 aliphatic rings. The van der Waals surface area contributed by atoms with Crippen LogP contribution in [0, 0.1) is 6.92 Å². The molecule has 0 saturated carbocycles. The van der Waals surface area contributed by atoms with E-state index in [-0.39, 0.29) is 5.78 Å². The van der Waals surface area contributed by atoms with Gasteiger partial charge < -0.3 is 0 Å². The standard InChI is InChI=1S/C10H8Cl2O/c1-3-8(13)7-5-4-6(2)9(11)10(7)12/h3-5H,1H2,2H3. The van der Waals surface area contributed by atoms with Gasteiger partial charge >= 0.3 is 0 Å². The minimum Gasteiger partial charge on any atom is -0.289 e. The van der Waals surface area contributed by atoms with Gasteiger partial charge in [-0.1, -0.05) is 35.8 Å². The Balaban J connectivity index is 3.33. The van der Waals surface area contributed by atoms with Gasteiger partial charge in [-0.25, -0.2) is 0 Å². The summed E-state index contributed by atoms with van der Waals surface area (Å²) >= 11 is 11.7. The molecular formula is C10H8Cl2O. The molecule has 0 unspecified atom stereocenters. The van der Waals surface area contributed by atoms with Gasteiger partial charge in [0.15, 0.2) is 5.78 Å². The van der Waals surface area contributed by atoms with Crippen LogP contribution >= 0.6 is 23.2 Å². The molecule has 0 heterocycles. The molecule has 1 aromatic rings. The van der Waals surface area contributed by atoms with Crippen LogP contribution in [0.2, 0.25) is 10.0 Å². The molecule has 0 aromatic heterocycles. The van der Waals surface area contributed by atoms with Crippen molar-refractivity contribution in [1.29, 1.82) is 0 Å². The second-order valence-corrected chi connectivity index (χ2v) is 3.38. The zero-order valence-corrected chi connectivity index (χ0v) is 8.62. The maximum atomic E-state index is 11.2. The van der Waals surface area contributed by atoms with Gasteiger partial charge in [-0.05, 0) is 24.6 Å². The number of ketones is 1. The first-order chi connectivity index (χ1) is 6.07. The summed E-state index contributed by atoms with van der Waals surface area (Å²) in [5, 5.41) is 0.723. The van der Waals surface area contributed by atoms with E-state index in [2.05, 4.69) is 6.58 Å². The SMILES string of the molecule is C=CC(=O)c1ccc(C)c(Cl)c1Cl. The number of hydrogen-bond donors (Lipinski definition) is 0. The number of hydrogen-bond acceptors (Lipinski definition) is 1.